The van der Waals surface area contributed by atoms with Crippen LogP contribution in [0, 0.1) is 5.92 Å². The van der Waals surface area contributed by atoms with Crippen LogP contribution in [0.3, 0.4) is 0 Å². The molecule has 1 fully saturated rings. The zero-order chi connectivity index (χ0) is 15.4. The van der Waals surface area contributed by atoms with E-state index in [1.807, 2.05) is 24.3 Å². The van der Waals surface area contributed by atoms with Crippen LogP contribution < -0.4 is 5.32 Å². The van der Waals surface area contributed by atoms with Crippen LogP contribution in [0.1, 0.15) is 43.5 Å². The van der Waals surface area contributed by atoms with Gasteiger partial charge < -0.3 is 10.4 Å². The first kappa shape index (κ1) is 15.9. The molecule has 2 rings (SSSR count). The highest BCUT2D eigenvalue weighted by Gasteiger charge is 2.30. The van der Waals surface area contributed by atoms with Crippen LogP contribution in [0.4, 0.5) is 0 Å². The number of nitrogens with one attached hydrogen (secondary N) is 1. The number of benzene rings is 1. The van der Waals surface area contributed by atoms with Crippen molar-refractivity contribution in [1.82, 2.24) is 5.32 Å². The molecule has 2 atom stereocenters. The highest BCUT2D eigenvalue weighted by atomic mass is 32.2. The molecule has 1 aromatic carbocycles. The lowest BCUT2D eigenvalue weighted by molar-refractivity contribution is -0.141. The van der Waals surface area contributed by atoms with Crippen molar-refractivity contribution in [3.8, 4) is 0 Å². The van der Waals surface area contributed by atoms with E-state index >= 15 is 0 Å². The Kier molecular flexibility index (Phi) is 5.28. The van der Waals surface area contributed by atoms with Gasteiger partial charge in [0.25, 0.3) is 5.91 Å². The van der Waals surface area contributed by atoms with Crippen LogP contribution in [0.5, 0.6) is 0 Å². The van der Waals surface area contributed by atoms with Crippen LogP contribution in [0.25, 0.3) is 0 Å². The van der Waals surface area contributed by atoms with Gasteiger partial charge in [-0.05, 0) is 31.4 Å². The molecule has 114 valence electrons. The summed E-state index contributed by atoms with van der Waals surface area (Å²) in [5.41, 5.74) is 0.676. The van der Waals surface area contributed by atoms with Crippen LogP contribution in [-0.4, -0.2) is 28.3 Å². The monoisotopic (exact) mass is 307 g/mol. The van der Waals surface area contributed by atoms with Gasteiger partial charge >= 0.3 is 5.97 Å². The minimum Gasteiger partial charge on any atom is -0.481 e. The van der Waals surface area contributed by atoms with Gasteiger partial charge in [-0.3, -0.25) is 9.59 Å². The largest absolute Gasteiger partial charge is 0.481 e. The first-order valence-corrected chi connectivity index (χ1v) is 8.14. The molecule has 0 heterocycles. The predicted molar refractivity (Wildman–Crippen MR) is 83.7 cm³/mol. The van der Waals surface area contributed by atoms with Crippen LogP contribution in [0.15, 0.2) is 29.2 Å². The van der Waals surface area contributed by atoms with Gasteiger partial charge in [0.1, 0.15) is 0 Å². The van der Waals surface area contributed by atoms with Gasteiger partial charge in [0.2, 0.25) is 0 Å². The maximum Gasteiger partial charge on any atom is 0.306 e. The van der Waals surface area contributed by atoms with Gasteiger partial charge in [-0.15, -0.1) is 11.8 Å². The summed E-state index contributed by atoms with van der Waals surface area (Å²) in [7, 11) is 0. The van der Waals surface area contributed by atoms with Crippen molar-refractivity contribution in [2.45, 2.75) is 49.3 Å². The molecule has 21 heavy (non-hydrogen) atoms. The molecule has 0 radical (unpaired) electrons. The maximum absolute atomic E-state index is 12.4. The highest BCUT2D eigenvalue weighted by Crippen LogP contribution is 2.28. The SMILES string of the molecule is CC(C)Sc1ccccc1C(=O)N[C@@H]1CC[C@H](C(=O)O)C1. The van der Waals surface area contributed by atoms with E-state index in [2.05, 4.69) is 19.2 Å². The average molecular weight is 307 g/mol. The van der Waals surface area contributed by atoms with Crippen molar-refractivity contribution < 1.29 is 14.7 Å². The number of carbonyl (C=O) groups excluding carboxylic acids is 1. The third kappa shape index (κ3) is 4.24. The molecule has 1 saturated carbocycles. The summed E-state index contributed by atoms with van der Waals surface area (Å²) in [6.07, 6.45) is 1.91. The number of thioether (sulfide) groups is 1. The van der Waals surface area contributed by atoms with Gasteiger partial charge in [0, 0.05) is 16.2 Å². The Bertz CT molecular complexity index is 530. The molecule has 0 saturated heterocycles. The molecule has 0 aliphatic heterocycles. The number of carboxylic acid groups (broad SMARTS) is 1. The van der Waals surface area contributed by atoms with E-state index in [-0.39, 0.29) is 17.9 Å². The fraction of sp³-hybridized carbons (Fsp3) is 0.500. The standard InChI is InChI=1S/C16H21NO3S/c1-10(2)21-14-6-4-3-5-13(14)15(18)17-12-8-7-11(9-12)16(19)20/h3-6,10-12H,7-9H2,1-2H3,(H,17,18)(H,19,20)/t11-,12+/m0/s1. The Morgan fingerprint density at radius 1 is 1.29 bits per heavy atom. The lowest BCUT2D eigenvalue weighted by atomic mass is 10.1. The Balaban J connectivity index is 2.02. The Hall–Kier alpha value is -1.49. The second kappa shape index (κ2) is 6.98. The van der Waals surface area contributed by atoms with Crippen molar-refractivity contribution in [1.29, 1.82) is 0 Å². The van der Waals surface area contributed by atoms with Crippen molar-refractivity contribution in [2.75, 3.05) is 0 Å². The van der Waals surface area contributed by atoms with Crippen LogP contribution in [0.2, 0.25) is 0 Å². The van der Waals surface area contributed by atoms with Crippen LogP contribution in [-0.2, 0) is 4.79 Å². The van der Waals surface area contributed by atoms with Crippen LogP contribution >= 0.6 is 11.8 Å². The van der Waals surface area contributed by atoms with Crippen molar-refractivity contribution >= 4 is 23.6 Å². The van der Waals surface area contributed by atoms with Gasteiger partial charge in [-0.1, -0.05) is 26.0 Å². The number of aliphatic carboxylic acids is 1. The van der Waals surface area contributed by atoms with E-state index < -0.39 is 5.97 Å². The number of hydrogen-bond donors (Lipinski definition) is 2. The van der Waals surface area contributed by atoms with Crippen molar-refractivity contribution in [3.05, 3.63) is 29.8 Å². The summed E-state index contributed by atoms with van der Waals surface area (Å²) >= 11 is 1.66. The highest BCUT2D eigenvalue weighted by molar-refractivity contribution is 8.00. The van der Waals surface area contributed by atoms with Crippen molar-refractivity contribution in [2.24, 2.45) is 5.92 Å². The Morgan fingerprint density at radius 2 is 2.00 bits per heavy atom. The fourth-order valence-corrected chi connectivity index (χ4v) is 3.56. The smallest absolute Gasteiger partial charge is 0.306 e. The lowest BCUT2D eigenvalue weighted by Crippen LogP contribution is -2.33. The molecular formula is C16H21NO3S. The molecule has 0 spiro atoms. The molecule has 5 heteroatoms. The second-order valence-corrected chi connectivity index (χ2v) is 7.30. The zero-order valence-corrected chi connectivity index (χ0v) is 13.2. The number of hydrogen-bond acceptors (Lipinski definition) is 3. The quantitative estimate of drug-likeness (QED) is 0.820. The molecular weight excluding hydrogens is 286 g/mol. The van der Waals surface area contributed by atoms with Gasteiger partial charge in [-0.25, -0.2) is 0 Å². The molecule has 2 N–H and O–H groups in total. The summed E-state index contributed by atoms with van der Waals surface area (Å²) in [4.78, 5) is 24.3. The van der Waals surface area contributed by atoms with Crippen molar-refractivity contribution in [3.63, 3.8) is 0 Å². The second-order valence-electron chi connectivity index (χ2n) is 5.68. The van der Waals surface area contributed by atoms with Gasteiger partial charge in [0.15, 0.2) is 0 Å². The lowest BCUT2D eigenvalue weighted by Gasteiger charge is -2.15. The van der Waals surface area contributed by atoms with E-state index in [0.29, 0.717) is 23.7 Å². The molecule has 4 nitrogen and oxygen atoms in total. The number of rotatable bonds is 5. The first-order chi connectivity index (χ1) is 9.97. The maximum atomic E-state index is 12.4. The van der Waals surface area contributed by atoms with E-state index in [0.717, 1.165) is 11.3 Å². The van der Waals surface area contributed by atoms with E-state index in [1.54, 1.807) is 11.8 Å². The fourth-order valence-electron chi connectivity index (χ4n) is 2.61. The van der Waals surface area contributed by atoms with E-state index in [4.69, 9.17) is 5.11 Å². The summed E-state index contributed by atoms with van der Waals surface area (Å²) < 4.78 is 0. The van der Waals surface area contributed by atoms with Gasteiger partial charge in [-0.2, -0.15) is 0 Å². The minimum absolute atomic E-state index is 0.0318. The Labute approximate surface area is 129 Å². The number of carboxylic acids is 1. The topological polar surface area (TPSA) is 66.4 Å². The first-order valence-electron chi connectivity index (χ1n) is 7.26. The van der Waals surface area contributed by atoms with E-state index in [9.17, 15) is 9.59 Å². The molecule has 0 unspecified atom stereocenters. The molecule has 1 amide bonds. The average Bonchev–Trinajstić information content (AvgIpc) is 2.87. The third-order valence-electron chi connectivity index (χ3n) is 3.61. The summed E-state index contributed by atoms with van der Waals surface area (Å²) in [6, 6.07) is 7.53. The predicted octanol–water partition coefficient (Wildman–Crippen LogP) is 3.17. The zero-order valence-electron chi connectivity index (χ0n) is 12.3. The molecule has 1 aromatic rings. The van der Waals surface area contributed by atoms with E-state index in [1.165, 1.54) is 0 Å². The number of carbonyl (C=O) groups is 2. The summed E-state index contributed by atoms with van der Waals surface area (Å²) in [5, 5.41) is 12.4. The minimum atomic E-state index is -0.762. The Morgan fingerprint density at radius 3 is 2.62 bits per heavy atom. The molecule has 1 aliphatic rings. The van der Waals surface area contributed by atoms with Gasteiger partial charge in [0.05, 0.1) is 11.5 Å². The summed E-state index contributed by atoms with van der Waals surface area (Å²) in [6.45, 7) is 4.18. The third-order valence-corrected chi connectivity index (χ3v) is 4.69. The molecule has 0 bridgehead atoms. The molecule has 1 aliphatic carbocycles. The summed E-state index contributed by atoms with van der Waals surface area (Å²) in [5.74, 6) is -1.19. The molecule has 0 aromatic heterocycles. The number of amides is 1. The normalized spacial score (nSPS) is 21.5.